The molecule has 1 saturated heterocycles. The van der Waals surface area contributed by atoms with Crippen molar-refractivity contribution >= 4 is 17.5 Å². The lowest BCUT2D eigenvalue weighted by Crippen LogP contribution is -2.56. The molecule has 1 unspecified atom stereocenters. The van der Waals surface area contributed by atoms with Crippen LogP contribution in [0, 0.1) is 0 Å². The van der Waals surface area contributed by atoms with Crippen LogP contribution in [0.1, 0.15) is 31.1 Å². The first kappa shape index (κ1) is 17.0. The molecule has 0 N–H and O–H groups in total. The first-order valence-electron chi connectivity index (χ1n) is 8.17. The summed E-state index contributed by atoms with van der Waals surface area (Å²) >= 11 is 5.92. The molecule has 4 heteroatoms. The molecule has 0 bridgehead atoms. The molecule has 1 fully saturated rings. The SMILES string of the molecule is CC1(C)COC(c2ccccc2)CN1C(=O)Cc1ccc(Cl)cc1. The number of benzene rings is 2. The quantitative estimate of drug-likeness (QED) is 0.833. The number of rotatable bonds is 3. The minimum Gasteiger partial charge on any atom is -0.369 e. The van der Waals surface area contributed by atoms with E-state index in [0.29, 0.717) is 24.6 Å². The van der Waals surface area contributed by atoms with Gasteiger partial charge in [0, 0.05) is 5.02 Å². The summed E-state index contributed by atoms with van der Waals surface area (Å²) in [5, 5.41) is 0.682. The van der Waals surface area contributed by atoms with Gasteiger partial charge in [0.25, 0.3) is 0 Å². The number of nitrogens with zero attached hydrogens (tertiary/aromatic N) is 1. The largest absolute Gasteiger partial charge is 0.369 e. The van der Waals surface area contributed by atoms with Crippen LogP contribution in [0.2, 0.25) is 5.02 Å². The summed E-state index contributed by atoms with van der Waals surface area (Å²) in [6.45, 7) is 5.20. The zero-order valence-electron chi connectivity index (χ0n) is 14.0. The van der Waals surface area contributed by atoms with Gasteiger partial charge in [0.1, 0.15) is 6.10 Å². The second-order valence-electron chi connectivity index (χ2n) is 6.83. The fourth-order valence-corrected chi connectivity index (χ4v) is 3.16. The Hall–Kier alpha value is -1.84. The molecule has 0 spiro atoms. The van der Waals surface area contributed by atoms with E-state index in [9.17, 15) is 4.79 Å². The lowest BCUT2D eigenvalue weighted by atomic mass is 9.97. The Bertz CT molecular complexity index is 697. The number of morpholine rings is 1. The molecule has 1 heterocycles. The summed E-state index contributed by atoms with van der Waals surface area (Å²) in [6.07, 6.45) is 0.302. The molecule has 2 aromatic rings. The molecule has 1 amide bonds. The molecule has 1 atom stereocenters. The molecular weight excluding hydrogens is 322 g/mol. The average molecular weight is 344 g/mol. The summed E-state index contributed by atoms with van der Waals surface area (Å²) in [5.41, 5.74) is 1.77. The predicted molar refractivity (Wildman–Crippen MR) is 96.1 cm³/mol. The molecule has 126 valence electrons. The highest BCUT2D eigenvalue weighted by Crippen LogP contribution is 2.30. The van der Waals surface area contributed by atoms with Gasteiger partial charge in [-0.05, 0) is 37.1 Å². The number of amides is 1. The maximum Gasteiger partial charge on any atom is 0.227 e. The second kappa shape index (κ2) is 6.96. The van der Waals surface area contributed by atoms with E-state index in [1.165, 1.54) is 0 Å². The molecule has 0 radical (unpaired) electrons. The molecule has 3 rings (SSSR count). The number of hydrogen-bond acceptors (Lipinski definition) is 2. The van der Waals surface area contributed by atoms with Gasteiger partial charge in [-0.2, -0.15) is 0 Å². The minimum absolute atomic E-state index is 0.0756. The predicted octanol–water partition coefficient (Wildman–Crippen LogP) is 4.26. The highest BCUT2D eigenvalue weighted by atomic mass is 35.5. The molecule has 2 aromatic carbocycles. The number of halogens is 1. The monoisotopic (exact) mass is 343 g/mol. The van der Waals surface area contributed by atoms with E-state index in [0.717, 1.165) is 11.1 Å². The summed E-state index contributed by atoms with van der Waals surface area (Å²) in [7, 11) is 0. The van der Waals surface area contributed by atoms with Crippen molar-refractivity contribution in [1.29, 1.82) is 0 Å². The third kappa shape index (κ3) is 3.80. The van der Waals surface area contributed by atoms with Crippen molar-refractivity contribution in [2.75, 3.05) is 13.2 Å². The van der Waals surface area contributed by atoms with Gasteiger partial charge in [-0.1, -0.05) is 54.1 Å². The van der Waals surface area contributed by atoms with E-state index >= 15 is 0 Å². The van der Waals surface area contributed by atoms with Crippen molar-refractivity contribution in [2.24, 2.45) is 0 Å². The van der Waals surface area contributed by atoms with Crippen LogP contribution >= 0.6 is 11.6 Å². The molecule has 1 aliphatic rings. The van der Waals surface area contributed by atoms with Gasteiger partial charge in [0.2, 0.25) is 5.91 Å². The van der Waals surface area contributed by atoms with Crippen molar-refractivity contribution in [3.05, 3.63) is 70.7 Å². The van der Waals surface area contributed by atoms with Gasteiger partial charge in [0.05, 0.1) is 25.1 Å². The maximum atomic E-state index is 12.9. The highest BCUT2D eigenvalue weighted by molar-refractivity contribution is 6.30. The maximum absolute atomic E-state index is 12.9. The third-order valence-electron chi connectivity index (χ3n) is 4.46. The highest BCUT2D eigenvalue weighted by Gasteiger charge is 2.38. The summed E-state index contributed by atoms with van der Waals surface area (Å²) in [4.78, 5) is 14.8. The Kier molecular flexibility index (Phi) is 4.93. The van der Waals surface area contributed by atoms with Gasteiger partial charge in [0.15, 0.2) is 0 Å². The van der Waals surface area contributed by atoms with Crippen molar-refractivity contribution in [2.45, 2.75) is 31.9 Å². The zero-order chi connectivity index (χ0) is 17.2. The minimum atomic E-state index is -0.311. The first-order valence-corrected chi connectivity index (χ1v) is 8.55. The molecule has 0 saturated carbocycles. The van der Waals surface area contributed by atoms with Gasteiger partial charge >= 0.3 is 0 Å². The topological polar surface area (TPSA) is 29.5 Å². The average Bonchev–Trinajstić information content (AvgIpc) is 2.57. The van der Waals surface area contributed by atoms with Crippen LogP contribution < -0.4 is 0 Å². The lowest BCUT2D eigenvalue weighted by Gasteiger charge is -2.45. The second-order valence-corrected chi connectivity index (χ2v) is 7.27. The summed E-state index contributed by atoms with van der Waals surface area (Å²) in [6, 6.07) is 17.5. The smallest absolute Gasteiger partial charge is 0.227 e. The number of hydrogen-bond donors (Lipinski definition) is 0. The standard InChI is InChI=1S/C20H22ClNO2/c1-20(2)14-24-18(16-6-4-3-5-7-16)13-22(20)19(23)12-15-8-10-17(21)11-9-15/h3-11,18H,12-14H2,1-2H3. The van der Waals surface area contributed by atoms with Crippen molar-refractivity contribution in [1.82, 2.24) is 4.90 Å². The van der Waals surface area contributed by atoms with Crippen molar-refractivity contribution in [3.8, 4) is 0 Å². The van der Waals surface area contributed by atoms with Gasteiger partial charge in [-0.25, -0.2) is 0 Å². The molecule has 0 aliphatic carbocycles. The van der Waals surface area contributed by atoms with Crippen molar-refractivity contribution in [3.63, 3.8) is 0 Å². The third-order valence-corrected chi connectivity index (χ3v) is 4.71. The summed E-state index contributed by atoms with van der Waals surface area (Å²) < 4.78 is 6.01. The summed E-state index contributed by atoms with van der Waals surface area (Å²) in [5.74, 6) is 0.117. The van der Waals surface area contributed by atoms with Crippen LogP contribution in [0.25, 0.3) is 0 Å². The van der Waals surface area contributed by atoms with Gasteiger partial charge in [-0.3, -0.25) is 4.79 Å². The first-order chi connectivity index (χ1) is 11.5. The van der Waals surface area contributed by atoms with Gasteiger partial charge in [-0.15, -0.1) is 0 Å². The van der Waals surface area contributed by atoms with Crippen LogP contribution in [0.4, 0.5) is 0 Å². The zero-order valence-corrected chi connectivity index (χ0v) is 14.8. The van der Waals surface area contributed by atoms with E-state index in [-0.39, 0.29) is 17.6 Å². The molecule has 24 heavy (non-hydrogen) atoms. The Morgan fingerprint density at radius 3 is 2.50 bits per heavy atom. The molecule has 0 aromatic heterocycles. The van der Waals surface area contributed by atoms with Gasteiger partial charge < -0.3 is 9.64 Å². The van der Waals surface area contributed by atoms with Crippen LogP contribution in [-0.2, 0) is 16.0 Å². The lowest BCUT2D eigenvalue weighted by molar-refractivity contribution is -0.154. The van der Waals surface area contributed by atoms with Crippen molar-refractivity contribution < 1.29 is 9.53 Å². The number of carbonyl (C=O) groups excluding carboxylic acids is 1. The van der Waals surface area contributed by atoms with E-state index in [1.807, 2.05) is 73.3 Å². The van der Waals surface area contributed by atoms with E-state index in [2.05, 4.69) is 0 Å². The normalized spacial score (nSPS) is 20.0. The van der Waals surface area contributed by atoms with E-state index < -0.39 is 0 Å². The van der Waals surface area contributed by atoms with Crippen LogP contribution in [0.5, 0.6) is 0 Å². The Labute approximate surface area is 148 Å². The van der Waals surface area contributed by atoms with Crippen LogP contribution in [0.15, 0.2) is 54.6 Å². The van der Waals surface area contributed by atoms with Crippen LogP contribution in [-0.4, -0.2) is 29.5 Å². The Morgan fingerprint density at radius 1 is 1.17 bits per heavy atom. The number of carbonyl (C=O) groups is 1. The number of ether oxygens (including phenoxy) is 1. The fraction of sp³-hybridized carbons (Fsp3) is 0.350. The fourth-order valence-electron chi connectivity index (χ4n) is 3.03. The Morgan fingerprint density at radius 2 is 1.83 bits per heavy atom. The molecule has 3 nitrogen and oxygen atoms in total. The molecular formula is C20H22ClNO2. The van der Waals surface area contributed by atoms with E-state index in [4.69, 9.17) is 16.3 Å². The van der Waals surface area contributed by atoms with E-state index in [1.54, 1.807) is 0 Å². The Balaban J connectivity index is 1.75. The van der Waals surface area contributed by atoms with Crippen LogP contribution in [0.3, 0.4) is 0 Å². The molecule has 1 aliphatic heterocycles.